The summed E-state index contributed by atoms with van der Waals surface area (Å²) in [5.74, 6) is 0. The number of likely N-dealkylation sites (N-methyl/N-ethyl adjacent to an activating group) is 1. The van der Waals surface area contributed by atoms with Crippen LogP contribution in [0.15, 0.2) is 24.3 Å². The summed E-state index contributed by atoms with van der Waals surface area (Å²) < 4.78 is 0. The van der Waals surface area contributed by atoms with Crippen LogP contribution in [0.3, 0.4) is 0 Å². The highest BCUT2D eigenvalue weighted by atomic mass is 16.1. The Balaban J connectivity index is 1.91. The molecule has 0 aliphatic carbocycles. The van der Waals surface area contributed by atoms with Crippen LogP contribution in [0.25, 0.3) is 0 Å². The van der Waals surface area contributed by atoms with Crippen molar-refractivity contribution in [2.75, 3.05) is 33.2 Å². The minimum absolute atomic E-state index is 0.627. The van der Waals surface area contributed by atoms with E-state index in [1.165, 1.54) is 5.56 Å². The van der Waals surface area contributed by atoms with Gasteiger partial charge in [-0.3, -0.25) is 9.69 Å². The van der Waals surface area contributed by atoms with E-state index < -0.39 is 0 Å². The number of rotatable bonds is 3. The van der Waals surface area contributed by atoms with Crippen LogP contribution in [-0.4, -0.2) is 49.3 Å². The summed E-state index contributed by atoms with van der Waals surface area (Å²) in [6, 6.07) is 7.69. The fraction of sp³-hybridized carbons (Fsp3) is 0.462. The van der Waals surface area contributed by atoms with E-state index in [1.54, 1.807) is 0 Å². The lowest BCUT2D eigenvalue weighted by Gasteiger charge is -2.32. The molecule has 3 heteroatoms. The standard InChI is InChI=1S/C13H17N2O/c1-14-6-8-15(9-7-14)10-12-2-4-13(11-16)5-3-12/h2-5H,6-10H2,1H3. The van der Waals surface area contributed by atoms with Gasteiger partial charge >= 0.3 is 0 Å². The van der Waals surface area contributed by atoms with Crippen LogP contribution in [0.5, 0.6) is 0 Å². The Kier molecular flexibility index (Phi) is 3.70. The van der Waals surface area contributed by atoms with Gasteiger partial charge in [-0.25, -0.2) is 0 Å². The molecule has 0 aromatic heterocycles. The Bertz CT molecular complexity index is 339. The van der Waals surface area contributed by atoms with E-state index >= 15 is 0 Å². The van der Waals surface area contributed by atoms with E-state index in [1.807, 2.05) is 30.6 Å². The zero-order chi connectivity index (χ0) is 11.4. The minimum Gasteiger partial charge on any atom is -0.304 e. The van der Waals surface area contributed by atoms with Gasteiger partial charge in [-0.05, 0) is 12.6 Å². The van der Waals surface area contributed by atoms with Crippen LogP contribution in [-0.2, 0) is 11.3 Å². The van der Waals surface area contributed by atoms with Gasteiger partial charge < -0.3 is 4.90 Å². The highest BCUT2D eigenvalue weighted by Gasteiger charge is 2.13. The molecule has 0 bridgehead atoms. The van der Waals surface area contributed by atoms with E-state index in [9.17, 15) is 4.79 Å². The largest absolute Gasteiger partial charge is 0.304 e. The maximum absolute atomic E-state index is 10.4. The van der Waals surface area contributed by atoms with Crippen molar-refractivity contribution in [3.63, 3.8) is 0 Å². The summed E-state index contributed by atoms with van der Waals surface area (Å²) >= 11 is 0. The van der Waals surface area contributed by atoms with Crippen LogP contribution in [0.1, 0.15) is 11.1 Å². The van der Waals surface area contributed by atoms with Crippen LogP contribution >= 0.6 is 0 Å². The first-order valence-corrected chi connectivity index (χ1v) is 5.66. The van der Waals surface area contributed by atoms with E-state index in [0.717, 1.165) is 32.7 Å². The quantitative estimate of drug-likeness (QED) is 0.751. The summed E-state index contributed by atoms with van der Waals surface area (Å²) in [4.78, 5) is 15.2. The van der Waals surface area contributed by atoms with Gasteiger partial charge in [0.1, 0.15) is 0 Å². The molecule has 1 heterocycles. The van der Waals surface area contributed by atoms with Crippen LogP contribution < -0.4 is 0 Å². The highest BCUT2D eigenvalue weighted by molar-refractivity contribution is 5.75. The van der Waals surface area contributed by atoms with E-state index in [0.29, 0.717) is 5.56 Å². The Morgan fingerprint density at radius 3 is 2.31 bits per heavy atom. The van der Waals surface area contributed by atoms with Gasteiger partial charge in [0.15, 0.2) is 0 Å². The lowest BCUT2D eigenvalue weighted by molar-refractivity contribution is 0.148. The monoisotopic (exact) mass is 217 g/mol. The first kappa shape index (κ1) is 11.3. The number of piperazine rings is 1. The number of nitrogens with zero attached hydrogens (tertiary/aromatic N) is 2. The van der Waals surface area contributed by atoms with Gasteiger partial charge in [0.05, 0.1) is 0 Å². The molecule has 2 rings (SSSR count). The van der Waals surface area contributed by atoms with Crippen LogP contribution in [0.2, 0.25) is 0 Å². The van der Waals surface area contributed by atoms with Crippen LogP contribution in [0.4, 0.5) is 0 Å². The predicted octanol–water partition coefficient (Wildman–Crippen LogP) is 0.892. The summed E-state index contributed by atoms with van der Waals surface area (Å²) in [6.45, 7) is 5.50. The van der Waals surface area contributed by atoms with E-state index in [-0.39, 0.29) is 0 Å². The van der Waals surface area contributed by atoms with Crippen molar-refractivity contribution in [2.24, 2.45) is 0 Å². The highest BCUT2D eigenvalue weighted by Crippen LogP contribution is 2.08. The molecule has 0 unspecified atom stereocenters. The first-order valence-electron chi connectivity index (χ1n) is 5.66. The third-order valence-corrected chi connectivity index (χ3v) is 3.07. The molecule has 3 nitrogen and oxygen atoms in total. The zero-order valence-corrected chi connectivity index (χ0v) is 9.65. The molecular formula is C13H17N2O. The molecule has 0 saturated carbocycles. The lowest BCUT2D eigenvalue weighted by Crippen LogP contribution is -2.43. The third kappa shape index (κ3) is 2.90. The SMILES string of the molecule is CN1CCN(Cc2ccc([C]=O)cc2)CC1. The van der Waals surface area contributed by atoms with Crippen molar-refractivity contribution in [1.82, 2.24) is 9.80 Å². The maximum atomic E-state index is 10.4. The predicted molar refractivity (Wildman–Crippen MR) is 64.0 cm³/mol. The van der Waals surface area contributed by atoms with E-state index in [2.05, 4.69) is 16.8 Å². The topological polar surface area (TPSA) is 23.6 Å². The van der Waals surface area contributed by atoms with Crippen LogP contribution in [0, 0.1) is 0 Å². The van der Waals surface area contributed by atoms with Crippen molar-refractivity contribution in [3.05, 3.63) is 35.4 Å². The number of hydrogen-bond acceptors (Lipinski definition) is 3. The zero-order valence-electron chi connectivity index (χ0n) is 9.65. The van der Waals surface area contributed by atoms with Crippen molar-refractivity contribution in [1.29, 1.82) is 0 Å². The molecule has 0 spiro atoms. The number of benzene rings is 1. The second-order valence-corrected chi connectivity index (χ2v) is 4.38. The fourth-order valence-corrected chi connectivity index (χ4v) is 1.94. The lowest BCUT2D eigenvalue weighted by atomic mass is 10.1. The molecule has 1 aromatic carbocycles. The summed E-state index contributed by atoms with van der Waals surface area (Å²) in [7, 11) is 2.16. The van der Waals surface area contributed by atoms with Gasteiger partial charge in [-0.15, -0.1) is 0 Å². The average Bonchev–Trinajstić information content (AvgIpc) is 2.33. The van der Waals surface area contributed by atoms with E-state index in [4.69, 9.17) is 0 Å². The first-order chi connectivity index (χ1) is 7.78. The third-order valence-electron chi connectivity index (χ3n) is 3.07. The summed E-state index contributed by atoms with van der Waals surface area (Å²) in [5, 5.41) is 0. The molecule has 16 heavy (non-hydrogen) atoms. The van der Waals surface area contributed by atoms with Crippen molar-refractivity contribution in [3.8, 4) is 0 Å². The summed E-state index contributed by atoms with van der Waals surface area (Å²) in [5.41, 5.74) is 1.89. The van der Waals surface area contributed by atoms with Gasteiger partial charge in [0, 0.05) is 38.3 Å². The van der Waals surface area contributed by atoms with Gasteiger partial charge in [-0.1, -0.05) is 24.3 Å². The van der Waals surface area contributed by atoms with Crippen molar-refractivity contribution in [2.45, 2.75) is 6.54 Å². The molecule has 1 aromatic rings. The minimum atomic E-state index is 0.627. The van der Waals surface area contributed by atoms with Gasteiger partial charge in [-0.2, -0.15) is 0 Å². The van der Waals surface area contributed by atoms with Crippen molar-refractivity contribution < 1.29 is 4.79 Å². The molecule has 0 N–H and O–H groups in total. The Hall–Kier alpha value is -1.19. The smallest absolute Gasteiger partial charge is 0.233 e. The molecule has 1 aliphatic rings. The number of hydrogen-bond donors (Lipinski definition) is 0. The molecule has 0 atom stereocenters. The number of carbonyl (C=O) groups excluding carboxylic acids is 1. The second kappa shape index (κ2) is 5.23. The van der Waals surface area contributed by atoms with Crippen molar-refractivity contribution >= 4 is 6.29 Å². The average molecular weight is 217 g/mol. The fourth-order valence-electron chi connectivity index (χ4n) is 1.94. The molecule has 0 amide bonds. The van der Waals surface area contributed by atoms with Gasteiger partial charge in [0.2, 0.25) is 6.29 Å². The molecule has 1 aliphatic heterocycles. The molecule has 1 fully saturated rings. The molecule has 1 radical (unpaired) electrons. The summed E-state index contributed by atoms with van der Waals surface area (Å²) in [6.07, 6.45) is 1.89. The second-order valence-electron chi connectivity index (χ2n) is 4.38. The molecule has 85 valence electrons. The molecule has 1 saturated heterocycles. The Morgan fingerprint density at radius 1 is 1.12 bits per heavy atom. The van der Waals surface area contributed by atoms with Gasteiger partial charge in [0.25, 0.3) is 0 Å². The molecular weight excluding hydrogens is 200 g/mol. The normalized spacial score (nSPS) is 18.6. The maximum Gasteiger partial charge on any atom is 0.233 e. The Labute approximate surface area is 96.7 Å². The Morgan fingerprint density at radius 2 is 1.75 bits per heavy atom.